The van der Waals surface area contributed by atoms with E-state index < -0.39 is 0 Å². The monoisotopic (exact) mass is 664 g/mol. The number of carbonyl (C=O) groups excluding carboxylic acids is 1. The third kappa shape index (κ3) is 6.90. The van der Waals surface area contributed by atoms with Gasteiger partial charge in [-0.05, 0) is 128 Å². The van der Waals surface area contributed by atoms with Gasteiger partial charge in [-0.15, -0.1) is 0 Å². The largest absolute Gasteiger partial charge is 0.490 e. The van der Waals surface area contributed by atoms with E-state index in [1.54, 1.807) is 0 Å². The van der Waals surface area contributed by atoms with Gasteiger partial charge < -0.3 is 25.7 Å². The molecule has 6 nitrogen and oxygen atoms in total. The number of ether oxygens (including phenoxy) is 3. The molecule has 0 amide bonds. The number of rotatable bonds is 10. The third-order valence-corrected chi connectivity index (χ3v) is 13.7. The van der Waals surface area contributed by atoms with Gasteiger partial charge in [-0.25, -0.2) is 0 Å². The standard InChI is InChI=1S/C43H56N2O4/c1-28(15-18-41(46)47-27-29-9-5-4-6-10-29)36-16-17-37-35-26-40(49-33-14-8-12-31(45)24-33)39-25-34(48-32-13-7-11-30(44)23-32)19-21-43(39,3)38(35)20-22-42(36,37)2/h4-14,23-24,28,34-40H,15-22,25-27,44-45H2,1-3H3/t28-,34?,35+,36-,37+,38+,39?,40?,42-,43-/m1/s1. The van der Waals surface area contributed by atoms with Gasteiger partial charge in [-0.1, -0.05) is 63.2 Å². The second-order valence-corrected chi connectivity index (χ2v) is 16.4. The summed E-state index contributed by atoms with van der Waals surface area (Å²) in [5.41, 5.74) is 15.3. The summed E-state index contributed by atoms with van der Waals surface area (Å²) in [7, 11) is 0. The number of fused-ring (bicyclic) bond motifs is 5. The number of nitrogen functional groups attached to an aromatic ring is 2. The van der Waals surface area contributed by atoms with Crippen molar-refractivity contribution in [1.29, 1.82) is 0 Å². The number of carbonyl (C=O) groups is 1. The van der Waals surface area contributed by atoms with Crippen molar-refractivity contribution < 1.29 is 19.0 Å². The van der Waals surface area contributed by atoms with Crippen molar-refractivity contribution >= 4 is 17.3 Å². The highest BCUT2D eigenvalue weighted by molar-refractivity contribution is 5.69. The summed E-state index contributed by atoms with van der Waals surface area (Å²) in [6.07, 6.45) is 11.0. The Hall–Kier alpha value is -3.67. The second kappa shape index (κ2) is 13.9. The minimum atomic E-state index is -0.0813. The average molecular weight is 665 g/mol. The third-order valence-electron chi connectivity index (χ3n) is 13.7. The summed E-state index contributed by atoms with van der Waals surface area (Å²) in [4.78, 5) is 12.7. The van der Waals surface area contributed by atoms with Crippen LogP contribution in [0.4, 0.5) is 11.4 Å². The Kier molecular flexibility index (Phi) is 9.60. The Bertz CT molecular complexity index is 1600. The van der Waals surface area contributed by atoms with E-state index in [-0.39, 0.29) is 29.0 Å². The molecule has 0 saturated heterocycles. The molecule has 262 valence electrons. The van der Waals surface area contributed by atoms with Crippen molar-refractivity contribution in [3.8, 4) is 11.5 Å². The predicted octanol–water partition coefficient (Wildman–Crippen LogP) is 9.47. The molecule has 0 aromatic heterocycles. The number of hydrogen-bond acceptors (Lipinski definition) is 6. The van der Waals surface area contributed by atoms with Gasteiger partial charge in [-0.2, -0.15) is 0 Å². The topological polar surface area (TPSA) is 96.8 Å². The number of nitrogens with two attached hydrogens (primary N) is 2. The van der Waals surface area contributed by atoms with Crippen LogP contribution in [-0.2, 0) is 16.1 Å². The summed E-state index contributed by atoms with van der Waals surface area (Å²) in [5.74, 6) is 5.16. The lowest BCUT2D eigenvalue weighted by Crippen LogP contribution is -2.59. The SMILES string of the molecule is C[C@H](CCC(=O)OCc1ccccc1)[C@H]1CC[C@H]2[C@@H]3CC(Oc4cccc(N)c4)C4CC(Oc5cccc(N)c5)CC[C@]4(C)[C@H]3CC[C@]12C. The number of anilines is 2. The molecular formula is C43H56N2O4. The molecular weight excluding hydrogens is 608 g/mol. The molecule has 4 N–H and O–H groups in total. The quantitative estimate of drug-likeness (QED) is 0.166. The molecule has 4 aliphatic rings. The van der Waals surface area contributed by atoms with Crippen molar-refractivity contribution in [1.82, 2.24) is 0 Å². The molecule has 3 unspecified atom stereocenters. The Labute approximate surface area is 293 Å². The van der Waals surface area contributed by atoms with E-state index in [1.807, 2.05) is 72.8 Å². The molecule has 3 aromatic carbocycles. The lowest BCUT2D eigenvalue weighted by atomic mass is 9.43. The Balaban J connectivity index is 1.06. The molecule has 4 saturated carbocycles. The van der Waals surface area contributed by atoms with E-state index in [0.29, 0.717) is 48.5 Å². The van der Waals surface area contributed by atoms with Crippen LogP contribution in [0.15, 0.2) is 78.9 Å². The maximum atomic E-state index is 12.7. The smallest absolute Gasteiger partial charge is 0.306 e. The van der Waals surface area contributed by atoms with E-state index in [0.717, 1.165) is 60.5 Å². The van der Waals surface area contributed by atoms with Gasteiger partial charge in [0.2, 0.25) is 0 Å². The molecule has 3 aromatic rings. The summed E-state index contributed by atoms with van der Waals surface area (Å²) < 4.78 is 19.2. The lowest BCUT2D eigenvalue weighted by molar-refractivity contribution is -0.164. The van der Waals surface area contributed by atoms with Crippen molar-refractivity contribution in [2.75, 3.05) is 11.5 Å². The van der Waals surface area contributed by atoms with Gasteiger partial charge in [0, 0.05) is 35.8 Å². The first kappa shape index (κ1) is 33.8. The van der Waals surface area contributed by atoms with E-state index >= 15 is 0 Å². The molecule has 10 atom stereocenters. The molecule has 0 radical (unpaired) electrons. The zero-order valence-corrected chi connectivity index (χ0v) is 29.7. The van der Waals surface area contributed by atoms with Crippen LogP contribution in [0.25, 0.3) is 0 Å². The first-order chi connectivity index (χ1) is 23.6. The first-order valence-electron chi connectivity index (χ1n) is 18.9. The zero-order valence-electron chi connectivity index (χ0n) is 29.7. The minimum absolute atomic E-state index is 0.0813. The van der Waals surface area contributed by atoms with Crippen molar-refractivity contribution in [3.05, 3.63) is 84.4 Å². The highest BCUT2D eigenvalue weighted by Crippen LogP contribution is 2.68. The lowest BCUT2D eigenvalue weighted by Gasteiger charge is -2.63. The Morgan fingerprint density at radius 2 is 1.45 bits per heavy atom. The van der Waals surface area contributed by atoms with Crippen LogP contribution < -0.4 is 20.9 Å². The second-order valence-electron chi connectivity index (χ2n) is 16.4. The van der Waals surface area contributed by atoms with Gasteiger partial charge in [0.05, 0.1) is 6.10 Å². The maximum Gasteiger partial charge on any atom is 0.306 e. The van der Waals surface area contributed by atoms with Crippen LogP contribution in [0.1, 0.15) is 90.5 Å². The van der Waals surface area contributed by atoms with Gasteiger partial charge in [0.25, 0.3) is 0 Å². The molecule has 0 heterocycles. The highest BCUT2D eigenvalue weighted by atomic mass is 16.5. The van der Waals surface area contributed by atoms with Crippen molar-refractivity contribution in [3.63, 3.8) is 0 Å². The van der Waals surface area contributed by atoms with Crippen LogP contribution in [0.3, 0.4) is 0 Å². The fourth-order valence-corrected chi connectivity index (χ4v) is 11.3. The fourth-order valence-electron chi connectivity index (χ4n) is 11.3. The molecule has 0 spiro atoms. The molecule has 4 fully saturated rings. The first-order valence-corrected chi connectivity index (χ1v) is 18.9. The number of hydrogen-bond donors (Lipinski definition) is 2. The molecule has 0 bridgehead atoms. The van der Waals surface area contributed by atoms with E-state index in [2.05, 4.69) is 26.8 Å². The normalized spacial score (nSPS) is 34.1. The van der Waals surface area contributed by atoms with Crippen LogP contribution in [-0.4, -0.2) is 18.2 Å². The average Bonchev–Trinajstić information content (AvgIpc) is 3.45. The molecule has 49 heavy (non-hydrogen) atoms. The van der Waals surface area contributed by atoms with Crippen LogP contribution in [0, 0.1) is 46.3 Å². The van der Waals surface area contributed by atoms with Crippen molar-refractivity contribution in [2.45, 2.75) is 104 Å². The van der Waals surface area contributed by atoms with Gasteiger partial charge in [0.1, 0.15) is 24.2 Å². The van der Waals surface area contributed by atoms with Crippen LogP contribution >= 0.6 is 0 Å². The minimum Gasteiger partial charge on any atom is -0.490 e. The predicted molar refractivity (Wildman–Crippen MR) is 196 cm³/mol. The summed E-state index contributed by atoms with van der Waals surface area (Å²) in [6, 6.07) is 25.8. The fraction of sp³-hybridized carbons (Fsp3) is 0.558. The molecule has 0 aliphatic heterocycles. The van der Waals surface area contributed by atoms with Crippen LogP contribution in [0.2, 0.25) is 0 Å². The van der Waals surface area contributed by atoms with Gasteiger partial charge in [-0.3, -0.25) is 4.79 Å². The molecule has 4 aliphatic carbocycles. The zero-order chi connectivity index (χ0) is 34.2. The Morgan fingerprint density at radius 3 is 2.16 bits per heavy atom. The van der Waals surface area contributed by atoms with Gasteiger partial charge in [0.15, 0.2) is 0 Å². The van der Waals surface area contributed by atoms with E-state index in [9.17, 15) is 4.79 Å². The van der Waals surface area contributed by atoms with Gasteiger partial charge >= 0.3 is 5.97 Å². The number of esters is 1. The summed E-state index contributed by atoms with van der Waals surface area (Å²) in [6.45, 7) is 7.92. The molecule has 7 rings (SSSR count). The van der Waals surface area contributed by atoms with E-state index in [1.165, 1.54) is 25.7 Å². The Morgan fingerprint density at radius 1 is 0.776 bits per heavy atom. The number of benzene rings is 3. The van der Waals surface area contributed by atoms with E-state index in [4.69, 9.17) is 25.7 Å². The highest BCUT2D eigenvalue weighted by Gasteiger charge is 2.63. The maximum absolute atomic E-state index is 12.7. The van der Waals surface area contributed by atoms with Crippen molar-refractivity contribution in [2.24, 2.45) is 46.3 Å². The van der Waals surface area contributed by atoms with Crippen LogP contribution in [0.5, 0.6) is 11.5 Å². The molecule has 6 heteroatoms. The summed E-state index contributed by atoms with van der Waals surface area (Å²) in [5, 5.41) is 0. The summed E-state index contributed by atoms with van der Waals surface area (Å²) >= 11 is 0.